The highest BCUT2D eigenvalue weighted by atomic mass is 16.1. The molecule has 0 radical (unpaired) electrons. The summed E-state index contributed by atoms with van der Waals surface area (Å²) in [6.07, 6.45) is 3.21. The van der Waals surface area contributed by atoms with Crippen LogP contribution in [-0.2, 0) is 4.79 Å². The molecule has 0 aliphatic rings. The van der Waals surface area contributed by atoms with Crippen LogP contribution >= 0.6 is 0 Å². The predicted octanol–water partition coefficient (Wildman–Crippen LogP) is 3.64. The third-order valence-corrected chi connectivity index (χ3v) is 4.26. The molecule has 3 aromatic rings. The second-order valence-electron chi connectivity index (χ2n) is 6.35. The Bertz CT molecular complexity index is 875. The number of rotatable bonds is 6. The van der Waals surface area contributed by atoms with Crippen LogP contribution in [0, 0.1) is 0 Å². The standard InChI is InChI=1S/C20H23N5O/c1-14(17-6-4-8-19(10-17)24-16(3)26)23-15(2)18-7-5-9-20(11-18)25-13-21-12-22-25/h4-15,23H,1-3H3,(H,24,26)/t14-,15-/m1/s1. The lowest BCUT2D eigenvalue weighted by atomic mass is 10.0. The molecule has 0 spiro atoms. The Hall–Kier alpha value is -2.99. The quantitative estimate of drug-likeness (QED) is 0.713. The molecule has 6 heteroatoms. The lowest BCUT2D eigenvalue weighted by molar-refractivity contribution is -0.114. The first-order valence-corrected chi connectivity index (χ1v) is 8.61. The highest BCUT2D eigenvalue weighted by Gasteiger charge is 2.12. The van der Waals surface area contributed by atoms with Gasteiger partial charge < -0.3 is 10.6 Å². The molecule has 2 atom stereocenters. The predicted molar refractivity (Wildman–Crippen MR) is 102 cm³/mol. The third-order valence-electron chi connectivity index (χ3n) is 4.26. The lowest BCUT2D eigenvalue weighted by Gasteiger charge is -2.22. The maximum absolute atomic E-state index is 11.2. The number of benzene rings is 2. The van der Waals surface area contributed by atoms with Gasteiger partial charge in [0.25, 0.3) is 0 Å². The summed E-state index contributed by atoms with van der Waals surface area (Å²) in [5, 5.41) is 10.6. The van der Waals surface area contributed by atoms with Crippen molar-refractivity contribution in [2.24, 2.45) is 0 Å². The number of hydrogen-bond donors (Lipinski definition) is 2. The number of hydrogen-bond acceptors (Lipinski definition) is 4. The van der Waals surface area contributed by atoms with Gasteiger partial charge >= 0.3 is 0 Å². The van der Waals surface area contributed by atoms with E-state index in [1.54, 1.807) is 11.0 Å². The van der Waals surface area contributed by atoms with Crippen molar-refractivity contribution >= 4 is 11.6 Å². The summed E-state index contributed by atoms with van der Waals surface area (Å²) >= 11 is 0. The largest absolute Gasteiger partial charge is 0.326 e. The van der Waals surface area contributed by atoms with Crippen molar-refractivity contribution < 1.29 is 4.79 Å². The number of carbonyl (C=O) groups excluding carboxylic acids is 1. The van der Waals surface area contributed by atoms with E-state index in [-0.39, 0.29) is 18.0 Å². The molecule has 134 valence electrons. The minimum Gasteiger partial charge on any atom is -0.326 e. The summed E-state index contributed by atoms with van der Waals surface area (Å²) in [4.78, 5) is 15.2. The molecule has 0 unspecified atom stereocenters. The fraction of sp³-hybridized carbons (Fsp3) is 0.250. The third kappa shape index (κ3) is 4.34. The van der Waals surface area contributed by atoms with E-state index in [4.69, 9.17) is 0 Å². The van der Waals surface area contributed by atoms with E-state index in [1.165, 1.54) is 18.8 Å². The second kappa shape index (κ2) is 7.93. The molecule has 0 saturated carbocycles. The van der Waals surface area contributed by atoms with E-state index < -0.39 is 0 Å². The van der Waals surface area contributed by atoms with Gasteiger partial charge in [-0.25, -0.2) is 9.67 Å². The Morgan fingerprint density at radius 3 is 2.38 bits per heavy atom. The van der Waals surface area contributed by atoms with Crippen molar-refractivity contribution in [3.05, 3.63) is 72.3 Å². The Morgan fingerprint density at radius 2 is 1.73 bits per heavy atom. The van der Waals surface area contributed by atoms with Crippen LogP contribution in [0.2, 0.25) is 0 Å². The molecule has 26 heavy (non-hydrogen) atoms. The van der Waals surface area contributed by atoms with Crippen molar-refractivity contribution in [3.8, 4) is 5.69 Å². The van der Waals surface area contributed by atoms with Gasteiger partial charge in [-0.1, -0.05) is 24.3 Å². The molecule has 0 aliphatic heterocycles. The van der Waals surface area contributed by atoms with Crippen LogP contribution in [0.25, 0.3) is 5.69 Å². The molecule has 0 saturated heterocycles. The van der Waals surface area contributed by atoms with Gasteiger partial charge in [0.1, 0.15) is 12.7 Å². The Morgan fingerprint density at radius 1 is 1.04 bits per heavy atom. The lowest BCUT2D eigenvalue weighted by Crippen LogP contribution is -2.22. The van der Waals surface area contributed by atoms with Crippen molar-refractivity contribution in [1.29, 1.82) is 0 Å². The van der Waals surface area contributed by atoms with E-state index in [0.717, 1.165) is 16.9 Å². The van der Waals surface area contributed by atoms with Gasteiger partial charge in [-0.05, 0) is 49.2 Å². The summed E-state index contributed by atoms with van der Waals surface area (Å²) in [5.41, 5.74) is 4.08. The number of amides is 1. The normalized spacial score (nSPS) is 13.2. The van der Waals surface area contributed by atoms with Crippen molar-refractivity contribution in [3.63, 3.8) is 0 Å². The molecule has 0 aliphatic carbocycles. The van der Waals surface area contributed by atoms with Crippen molar-refractivity contribution in [1.82, 2.24) is 20.1 Å². The smallest absolute Gasteiger partial charge is 0.221 e. The summed E-state index contributed by atoms with van der Waals surface area (Å²) < 4.78 is 1.75. The van der Waals surface area contributed by atoms with Gasteiger partial charge in [-0.15, -0.1) is 0 Å². The minimum absolute atomic E-state index is 0.0685. The number of nitrogens with zero attached hydrogens (tertiary/aromatic N) is 3. The summed E-state index contributed by atoms with van der Waals surface area (Å²) in [5.74, 6) is -0.0685. The van der Waals surface area contributed by atoms with Crippen LogP contribution in [0.5, 0.6) is 0 Å². The Balaban J connectivity index is 1.72. The van der Waals surface area contributed by atoms with Crippen LogP contribution in [0.4, 0.5) is 5.69 Å². The highest BCUT2D eigenvalue weighted by Crippen LogP contribution is 2.23. The van der Waals surface area contributed by atoms with E-state index in [9.17, 15) is 4.79 Å². The average Bonchev–Trinajstić information content (AvgIpc) is 3.16. The molecule has 0 fully saturated rings. The zero-order chi connectivity index (χ0) is 18.5. The minimum atomic E-state index is -0.0685. The highest BCUT2D eigenvalue weighted by molar-refractivity contribution is 5.88. The molecule has 3 rings (SSSR count). The SMILES string of the molecule is CC(=O)Nc1cccc([C@@H](C)N[C@H](C)c2cccc(-n3cncn3)c2)c1. The first kappa shape index (κ1) is 17.8. The summed E-state index contributed by atoms with van der Waals surface area (Å²) in [7, 11) is 0. The zero-order valence-corrected chi connectivity index (χ0v) is 15.2. The maximum Gasteiger partial charge on any atom is 0.221 e. The fourth-order valence-corrected chi connectivity index (χ4v) is 2.93. The van der Waals surface area contributed by atoms with Gasteiger partial charge in [-0.3, -0.25) is 4.79 Å². The van der Waals surface area contributed by atoms with Gasteiger partial charge in [0, 0.05) is 24.7 Å². The summed E-state index contributed by atoms with van der Waals surface area (Å²) in [6, 6.07) is 16.4. The summed E-state index contributed by atoms with van der Waals surface area (Å²) in [6.45, 7) is 5.76. The van der Waals surface area contributed by atoms with Crippen LogP contribution < -0.4 is 10.6 Å². The topological polar surface area (TPSA) is 71.8 Å². The molecule has 1 heterocycles. The first-order valence-electron chi connectivity index (χ1n) is 8.61. The van der Waals surface area contributed by atoms with Gasteiger partial charge in [0.05, 0.1) is 5.69 Å². The number of carbonyl (C=O) groups is 1. The van der Waals surface area contributed by atoms with Crippen LogP contribution in [-0.4, -0.2) is 20.7 Å². The van der Waals surface area contributed by atoms with Crippen LogP contribution in [0.1, 0.15) is 44.0 Å². The number of nitrogens with one attached hydrogen (secondary N) is 2. The van der Waals surface area contributed by atoms with Gasteiger partial charge in [0.15, 0.2) is 0 Å². The monoisotopic (exact) mass is 349 g/mol. The number of anilines is 1. The second-order valence-corrected chi connectivity index (χ2v) is 6.35. The molecule has 1 aromatic heterocycles. The molecule has 2 aromatic carbocycles. The molecular formula is C20H23N5O. The van der Waals surface area contributed by atoms with E-state index in [1.807, 2.05) is 30.3 Å². The molecule has 1 amide bonds. The van der Waals surface area contributed by atoms with E-state index in [0.29, 0.717) is 0 Å². The van der Waals surface area contributed by atoms with E-state index >= 15 is 0 Å². The number of aromatic nitrogens is 3. The molecule has 2 N–H and O–H groups in total. The first-order chi connectivity index (χ1) is 12.5. The van der Waals surface area contributed by atoms with Gasteiger partial charge in [0.2, 0.25) is 5.91 Å². The zero-order valence-electron chi connectivity index (χ0n) is 15.2. The molecular weight excluding hydrogens is 326 g/mol. The Labute approximate surface area is 153 Å². The molecule has 6 nitrogen and oxygen atoms in total. The van der Waals surface area contributed by atoms with Crippen molar-refractivity contribution in [2.45, 2.75) is 32.9 Å². The maximum atomic E-state index is 11.2. The van der Waals surface area contributed by atoms with Gasteiger partial charge in [-0.2, -0.15) is 5.10 Å². The fourth-order valence-electron chi connectivity index (χ4n) is 2.93. The van der Waals surface area contributed by atoms with E-state index in [2.05, 4.69) is 52.8 Å². The van der Waals surface area contributed by atoms with Crippen molar-refractivity contribution in [2.75, 3.05) is 5.32 Å². The van der Waals surface area contributed by atoms with Crippen LogP contribution in [0.15, 0.2) is 61.2 Å². The average molecular weight is 349 g/mol. The Kier molecular flexibility index (Phi) is 5.43. The van der Waals surface area contributed by atoms with Crippen LogP contribution in [0.3, 0.4) is 0 Å². The molecule has 0 bridgehead atoms.